The summed E-state index contributed by atoms with van der Waals surface area (Å²) in [4.78, 5) is 0. The van der Waals surface area contributed by atoms with Gasteiger partial charge < -0.3 is 0 Å². The van der Waals surface area contributed by atoms with E-state index < -0.39 is 0 Å². The summed E-state index contributed by atoms with van der Waals surface area (Å²) in [5.41, 5.74) is 2.46. The van der Waals surface area contributed by atoms with Crippen LogP contribution < -0.4 is 0 Å². The van der Waals surface area contributed by atoms with E-state index in [1.807, 2.05) is 18.3 Å². The van der Waals surface area contributed by atoms with Gasteiger partial charge in [0.1, 0.15) is 0 Å². The fraction of sp³-hybridized carbons (Fsp3) is 0.400. The number of fused-ring (bicyclic) bond motifs is 1. The molecule has 3 heteroatoms. The van der Waals surface area contributed by atoms with Gasteiger partial charge in [-0.2, -0.15) is 14.8 Å². The zero-order valence-electron chi connectivity index (χ0n) is 8.15. The number of rotatable bonds is 0. The van der Waals surface area contributed by atoms with Crippen molar-refractivity contribution in [2.24, 2.45) is 0 Å². The molecule has 0 spiro atoms. The second-order valence-corrected chi connectivity index (χ2v) is 4.21. The van der Waals surface area contributed by atoms with E-state index in [9.17, 15) is 0 Å². The first kappa shape index (κ1) is 8.23. The van der Waals surface area contributed by atoms with Gasteiger partial charge in [0.05, 0.1) is 11.7 Å². The van der Waals surface area contributed by atoms with Crippen molar-refractivity contribution in [3.05, 3.63) is 30.1 Å². The number of hydrogen-bond acceptors (Lipinski definition) is 2. The quantitative estimate of drug-likeness (QED) is 0.613. The molecule has 0 unspecified atom stereocenters. The van der Waals surface area contributed by atoms with Crippen LogP contribution in [0.3, 0.4) is 0 Å². The summed E-state index contributed by atoms with van der Waals surface area (Å²) in [5.74, 6) is 0. The highest BCUT2D eigenvalue weighted by Gasteiger charge is 2.18. The summed E-state index contributed by atoms with van der Waals surface area (Å²) in [6, 6.07) is 3.98. The predicted molar refractivity (Wildman–Crippen MR) is 51.7 cm³/mol. The Hall–Kier alpha value is -1.38. The molecule has 0 fully saturated rings. The van der Waals surface area contributed by atoms with E-state index in [0.29, 0.717) is 0 Å². The van der Waals surface area contributed by atoms with E-state index in [1.54, 1.807) is 10.8 Å². The molecule has 0 amide bonds. The van der Waals surface area contributed by atoms with Crippen LogP contribution in [0.4, 0.5) is 0 Å². The molecular formula is C10H13N3. The summed E-state index contributed by atoms with van der Waals surface area (Å²) < 4.78 is 1.67. The Bertz CT molecular complexity index is 423. The smallest absolute Gasteiger partial charge is 0.0910 e. The average Bonchev–Trinajstić information content (AvgIpc) is 2.45. The van der Waals surface area contributed by atoms with Crippen LogP contribution in [0.5, 0.6) is 0 Å². The van der Waals surface area contributed by atoms with Crippen molar-refractivity contribution < 1.29 is 0 Å². The molecule has 0 aliphatic heterocycles. The number of hydrogen-bond donors (Lipinski definition) is 0. The summed E-state index contributed by atoms with van der Waals surface area (Å²) in [5, 5.41) is 8.31. The Labute approximate surface area is 77.4 Å². The van der Waals surface area contributed by atoms with E-state index in [4.69, 9.17) is 0 Å². The minimum atomic E-state index is 0.130. The molecule has 2 aromatic heterocycles. The van der Waals surface area contributed by atoms with Crippen molar-refractivity contribution in [3.8, 4) is 0 Å². The van der Waals surface area contributed by atoms with Gasteiger partial charge in [0.2, 0.25) is 0 Å². The van der Waals surface area contributed by atoms with Crippen LogP contribution in [-0.4, -0.2) is 14.8 Å². The van der Waals surface area contributed by atoms with Gasteiger partial charge in [-0.25, -0.2) is 0 Å². The molecule has 3 nitrogen and oxygen atoms in total. The molecule has 2 heterocycles. The third-order valence-corrected chi connectivity index (χ3v) is 2.11. The lowest BCUT2D eigenvalue weighted by Gasteiger charge is -2.16. The van der Waals surface area contributed by atoms with Crippen LogP contribution in [0.1, 0.15) is 26.3 Å². The Balaban J connectivity index is 2.72. The van der Waals surface area contributed by atoms with Gasteiger partial charge in [-0.15, -0.1) is 0 Å². The zero-order chi connectivity index (χ0) is 9.47. The monoisotopic (exact) mass is 175 g/mol. The molecule has 0 N–H and O–H groups in total. The molecule has 0 aliphatic rings. The highest BCUT2D eigenvalue weighted by atomic mass is 15.4. The standard InChI is InChI=1S/C10H13N3/c1-10(2,3)8-7-12-13-9(8)5-4-6-11-13/h4-7H,1-3H3. The van der Waals surface area contributed by atoms with Crippen LogP contribution in [0.2, 0.25) is 0 Å². The maximum absolute atomic E-state index is 4.19. The normalized spacial score (nSPS) is 12.2. The van der Waals surface area contributed by atoms with Crippen molar-refractivity contribution in [3.63, 3.8) is 0 Å². The maximum Gasteiger partial charge on any atom is 0.0910 e. The molecule has 0 radical (unpaired) electrons. The molecular weight excluding hydrogens is 162 g/mol. The molecule has 0 aromatic carbocycles. The Morgan fingerprint density at radius 3 is 2.69 bits per heavy atom. The molecule has 2 rings (SSSR count). The lowest BCUT2D eigenvalue weighted by Crippen LogP contribution is -2.10. The topological polar surface area (TPSA) is 30.2 Å². The van der Waals surface area contributed by atoms with Crippen molar-refractivity contribution in [2.45, 2.75) is 26.2 Å². The van der Waals surface area contributed by atoms with Crippen molar-refractivity contribution in [2.75, 3.05) is 0 Å². The summed E-state index contributed by atoms with van der Waals surface area (Å²) in [6.07, 6.45) is 3.63. The predicted octanol–water partition coefficient (Wildman–Crippen LogP) is 2.03. The number of nitrogens with zero attached hydrogens (tertiary/aromatic N) is 3. The Kier molecular flexibility index (Phi) is 1.62. The zero-order valence-corrected chi connectivity index (χ0v) is 8.15. The van der Waals surface area contributed by atoms with E-state index in [-0.39, 0.29) is 5.41 Å². The molecule has 68 valence electrons. The Morgan fingerprint density at radius 1 is 1.23 bits per heavy atom. The van der Waals surface area contributed by atoms with Crippen LogP contribution >= 0.6 is 0 Å². The first-order valence-corrected chi connectivity index (χ1v) is 4.38. The average molecular weight is 175 g/mol. The molecule has 0 saturated carbocycles. The first-order valence-electron chi connectivity index (χ1n) is 4.38. The van der Waals surface area contributed by atoms with Gasteiger partial charge in [0.25, 0.3) is 0 Å². The van der Waals surface area contributed by atoms with Crippen molar-refractivity contribution >= 4 is 5.52 Å². The van der Waals surface area contributed by atoms with E-state index in [2.05, 4.69) is 31.0 Å². The lowest BCUT2D eigenvalue weighted by molar-refractivity contribution is 0.595. The molecule has 13 heavy (non-hydrogen) atoms. The third kappa shape index (κ3) is 1.30. The maximum atomic E-state index is 4.19. The second kappa shape index (κ2) is 2.55. The van der Waals surface area contributed by atoms with Crippen LogP contribution in [0.25, 0.3) is 5.52 Å². The number of aromatic nitrogens is 3. The largest absolute Gasteiger partial charge is 0.159 e. The summed E-state index contributed by atoms with van der Waals surface area (Å²) in [7, 11) is 0. The molecule has 0 saturated heterocycles. The summed E-state index contributed by atoms with van der Waals surface area (Å²) >= 11 is 0. The van der Waals surface area contributed by atoms with Gasteiger partial charge in [-0.3, -0.25) is 0 Å². The van der Waals surface area contributed by atoms with Crippen molar-refractivity contribution in [1.29, 1.82) is 0 Å². The third-order valence-electron chi connectivity index (χ3n) is 2.11. The van der Waals surface area contributed by atoms with Gasteiger partial charge in [0, 0.05) is 11.8 Å². The van der Waals surface area contributed by atoms with Crippen molar-refractivity contribution in [1.82, 2.24) is 14.8 Å². The van der Waals surface area contributed by atoms with Gasteiger partial charge in [-0.1, -0.05) is 20.8 Å². The van der Waals surface area contributed by atoms with Crippen LogP contribution in [-0.2, 0) is 5.41 Å². The fourth-order valence-corrected chi connectivity index (χ4v) is 1.41. The Morgan fingerprint density at radius 2 is 2.00 bits per heavy atom. The SMILES string of the molecule is CC(C)(C)c1cnn2ncccc12. The fourth-order valence-electron chi connectivity index (χ4n) is 1.41. The van der Waals surface area contributed by atoms with Gasteiger partial charge in [-0.05, 0) is 17.5 Å². The first-order chi connectivity index (χ1) is 6.09. The van der Waals surface area contributed by atoms with Crippen LogP contribution in [0, 0.1) is 0 Å². The van der Waals surface area contributed by atoms with Crippen LogP contribution in [0.15, 0.2) is 24.5 Å². The van der Waals surface area contributed by atoms with Gasteiger partial charge >= 0.3 is 0 Å². The minimum absolute atomic E-state index is 0.130. The lowest BCUT2D eigenvalue weighted by atomic mass is 9.88. The van der Waals surface area contributed by atoms with E-state index in [0.717, 1.165) is 5.52 Å². The van der Waals surface area contributed by atoms with E-state index >= 15 is 0 Å². The van der Waals surface area contributed by atoms with Gasteiger partial charge in [0.15, 0.2) is 0 Å². The molecule has 2 aromatic rings. The highest BCUT2D eigenvalue weighted by Crippen LogP contribution is 2.25. The highest BCUT2D eigenvalue weighted by molar-refractivity contribution is 5.55. The van der Waals surface area contributed by atoms with E-state index in [1.165, 1.54) is 5.56 Å². The second-order valence-electron chi connectivity index (χ2n) is 4.21. The molecule has 0 atom stereocenters. The minimum Gasteiger partial charge on any atom is -0.159 e. The summed E-state index contributed by atoms with van der Waals surface area (Å²) in [6.45, 7) is 6.53. The molecule has 0 bridgehead atoms. The molecule has 0 aliphatic carbocycles.